The van der Waals surface area contributed by atoms with Crippen molar-refractivity contribution in [3.63, 3.8) is 0 Å². The molecule has 0 bridgehead atoms. The van der Waals surface area contributed by atoms with Gasteiger partial charge in [0.1, 0.15) is 5.75 Å². The zero-order valence-corrected chi connectivity index (χ0v) is 11.3. The van der Waals surface area contributed by atoms with E-state index in [9.17, 15) is 4.79 Å². The number of rotatable bonds is 3. The highest BCUT2D eigenvalue weighted by Crippen LogP contribution is 2.29. The van der Waals surface area contributed by atoms with Crippen molar-refractivity contribution in [3.05, 3.63) is 28.3 Å². The number of ketones is 1. The number of hydrogen-bond donors (Lipinski definition) is 0. The van der Waals surface area contributed by atoms with E-state index in [1.165, 1.54) is 7.11 Å². The second kappa shape index (κ2) is 5.19. The Morgan fingerprint density at radius 3 is 2.60 bits per heavy atom. The molecule has 0 saturated carbocycles. The molecule has 0 saturated heterocycles. The van der Waals surface area contributed by atoms with Gasteiger partial charge in [0, 0.05) is 5.02 Å². The van der Waals surface area contributed by atoms with E-state index in [1.54, 1.807) is 12.1 Å². The Balaban J connectivity index is 3.27. The van der Waals surface area contributed by atoms with Crippen molar-refractivity contribution in [1.82, 2.24) is 0 Å². The number of methoxy groups -OCH3 is 1. The Morgan fingerprint density at radius 1 is 1.53 bits per heavy atom. The first-order valence-corrected chi connectivity index (χ1v) is 5.87. The zero-order valence-electron chi connectivity index (χ0n) is 8.18. The quantitative estimate of drug-likeness (QED) is 0.627. The molecule has 1 aromatic carbocycles. The second-order valence-corrected chi connectivity index (χ2v) is 5.25. The molecule has 1 unspecified atom stereocenters. The lowest BCUT2D eigenvalue weighted by Gasteiger charge is -2.10. The van der Waals surface area contributed by atoms with Gasteiger partial charge in [-0.2, -0.15) is 0 Å². The number of benzene rings is 1. The fourth-order valence-electron chi connectivity index (χ4n) is 1.13. The topological polar surface area (TPSA) is 26.3 Å². The normalized spacial score (nSPS) is 12.3. The summed E-state index contributed by atoms with van der Waals surface area (Å²) in [7, 11) is 1.50. The predicted molar refractivity (Wildman–Crippen MR) is 65.6 cm³/mol. The molecule has 0 amide bonds. The summed E-state index contributed by atoms with van der Waals surface area (Å²) in [5.74, 6) is 0.211. The monoisotopic (exact) mass is 310 g/mol. The number of carbonyl (C=O) groups is 1. The van der Waals surface area contributed by atoms with Gasteiger partial charge in [0.05, 0.1) is 12.7 Å². The van der Waals surface area contributed by atoms with Crippen molar-refractivity contribution in [2.75, 3.05) is 7.11 Å². The minimum atomic E-state index is -0.773. The molecule has 1 atom stereocenters. The van der Waals surface area contributed by atoms with E-state index < -0.39 is 4.29 Å². The molecule has 0 heterocycles. The third-order valence-corrected chi connectivity index (χ3v) is 2.97. The van der Waals surface area contributed by atoms with E-state index in [-0.39, 0.29) is 5.78 Å². The van der Waals surface area contributed by atoms with Crippen LogP contribution < -0.4 is 4.74 Å². The standard InChI is InChI=1S/C10H9BrCl2O2/c1-5-3-8(15-2)6(4-7(5)12)9(14)10(11)13/h3-4,10H,1-2H3. The van der Waals surface area contributed by atoms with Crippen molar-refractivity contribution >= 4 is 44.9 Å². The van der Waals surface area contributed by atoms with Crippen LogP contribution in [-0.2, 0) is 0 Å². The van der Waals surface area contributed by atoms with Gasteiger partial charge in [-0.15, -0.1) is 11.6 Å². The number of hydrogen-bond acceptors (Lipinski definition) is 2. The SMILES string of the molecule is COc1cc(C)c(Cl)cc1C(=O)C(Cl)Br. The summed E-state index contributed by atoms with van der Waals surface area (Å²) in [5, 5.41) is 0.518. The summed E-state index contributed by atoms with van der Waals surface area (Å²) in [6, 6.07) is 3.27. The molecule has 5 heteroatoms. The smallest absolute Gasteiger partial charge is 0.195 e. The molecule has 0 aromatic heterocycles. The average Bonchev–Trinajstić information content (AvgIpc) is 2.20. The van der Waals surface area contributed by atoms with Crippen LogP contribution in [0.5, 0.6) is 5.75 Å². The highest BCUT2D eigenvalue weighted by atomic mass is 79.9. The number of alkyl halides is 2. The molecule has 0 aliphatic carbocycles. The summed E-state index contributed by atoms with van der Waals surface area (Å²) in [5.41, 5.74) is 1.23. The lowest BCUT2D eigenvalue weighted by molar-refractivity contribution is 0.101. The van der Waals surface area contributed by atoms with Crippen molar-refractivity contribution < 1.29 is 9.53 Å². The number of carbonyl (C=O) groups excluding carboxylic acids is 1. The summed E-state index contributed by atoms with van der Waals surface area (Å²) in [6.07, 6.45) is 0. The fraction of sp³-hybridized carbons (Fsp3) is 0.300. The van der Waals surface area contributed by atoms with Gasteiger partial charge in [-0.25, -0.2) is 0 Å². The predicted octanol–water partition coefficient (Wildman–Crippen LogP) is 3.80. The van der Waals surface area contributed by atoms with Gasteiger partial charge in [0.25, 0.3) is 0 Å². The highest BCUT2D eigenvalue weighted by Gasteiger charge is 2.19. The number of halogens is 3. The highest BCUT2D eigenvalue weighted by molar-refractivity contribution is 9.10. The van der Waals surface area contributed by atoms with E-state index in [1.807, 2.05) is 6.92 Å². The largest absolute Gasteiger partial charge is 0.496 e. The summed E-state index contributed by atoms with van der Waals surface area (Å²) in [6.45, 7) is 1.84. The van der Waals surface area contributed by atoms with Gasteiger partial charge in [0.15, 0.2) is 10.1 Å². The van der Waals surface area contributed by atoms with E-state index in [4.69, 9.17) is 27.9 Å². The van der Waals surface area contributed by atoms with Crippen LogP contribution in [0.1, 0.15) is 15.9 Å². The molecule has 1 rings (SSSR count). The molecule has 2 nitrogen and oxygen atoms in total. The van der Waals surface area contributed by atoms with E-state index in [0.717, 1.165) is 5.56 Å². The number of ether oxygens (including phenoxy) is 1. The number of Topliss-reactive ketones (excluding diaryl/α,β-unsaturated/α-hetero) is 1. The van der Waals surface area contributed by atoms with Gasteiger partial charge in [-0.05, 0) is 24.6 Å². The minimum Gasteiger partial charge on any atom is -0.496 e. The first-order chi connectivity index (χ1) is 6.97. The summed E-state index contributed by atoms with van der Waals surface area (Å²) in [4.78, 5) is 11.7. The third kappa shape index (κ3) is 2.86. The van der Waals surface area contributed by atoms with Crippen molar-refractivity contribution in [1.29, 1.82) is 0 Å². The van der Waals surface area contributed by atoms with Gasteiger partial charge in [0.2, 0.25) is 0 Å². The Bertz CT molecular complexity index is 391. The molecule has 0 aliphatic heterocycles. The molecular formula is C10H9BrCl2O2. The van der Waals surface area contributed by atoms with Crippen LogP contribution in [0.2, 0.25) is 5.02 Å². The van der Waals surface area contributed by atoms with Crippen LogP contribution in [0.4, 0.5) is 0 Å². The van der Waals surface area contributed by atoms with E-state index in [2.05, 4.69) is 15.9 Å². The van der Waals surface area contributed by atoms with Crippen LogP contribution in [0.15, 0.2) is 12.1 Å². The van der Waals surface area contributed by atoms with Crippen LogP contribution in [0.25, 0.3) is 0 Å². The van der Waals surface area contributed by atoms with Crippen LogP contribution in [0, 0.1) is 6.92 Å². The molecule has 0 radical (unpaired) electrons. The molecule has 0 aliphatic rings. The lowest BCUT2D eigenvalue weighted by atomic mass is 10.1. The lowest BCUT2D eigenvalue weighted by Crippen LogP contribution is -2.09. The zero-order chi connectivity index (χ0) is 11.6. The maximum absolute atomic E-state index is 11.7. The van der Waals surface area contributed by atoms with Gasteiger partial charge < -0.3 is 4.74 Å². The molecule has 0 fully saturated rings. The molecule has 1 aromatic rings. The van der Waals surface area contributed by atoms with Crippen molar-refractivity contribution in [2.24, 2.45) is 0 Å². The number of aryl methyl sites for hydroxylation is 1. The maximum Gasteiger partial charge on any atom is 0.195 e. The Hall–Kier alpha value is -0.250. The summed E-state index contributed by atoms with van der Waals surface area (Å²) < 4.78 is 4.32. The Labute approximate surface area is 107 Å². The summed E-state index contributed by atoms with van der Waals surface area (Å²) >= 11 is 14.6. The van der Waals surface area contributed by atoms with Crippen LogP contribution >= 0.6 is 39.1 Å². The van der Waals surface area contributed by atoms with Crippen LogP contribution in [-0.4, -0.2) is 17.2 Å². The Kier molecular flexibility index (Phi) is 4.44. The molecule has 15 heavy (non-hydrogen) atoms. The first kappa shape index (κ1) is 12.8. The van der Waals surface area contributed by atoms with Gasteiger partial charge in [-0.3, -0.25) is 4.79 Å². The molecular weight excluding hydrogens is 303 g/mol. The third-order valence-electron chi connectivity index (χ3n) is 1.94. The van der Waals surface area contributed by atoms with Crippen LogP contribution in [0.3, 0.4) is 0 Å². The molecule has 0 spiro atoms. The minimum absolute atomic E-state index is 0.268. The first-order valence-electron chi connectivity index (χ1n) is 4.14. The van der Waals surface area contributed by atoms with Crippen molar-refractivity contribution in [3.8, 4) is 5.75 Å². The average molecular weight is 312 g/mol. The fourth-order valence-corrected chi connectivity index (χ4v) is 1.66. The molecule has 0 N–H and O–H groups in total. The van der Waals surface area contributed by atoms with E-state index in [0.29, 0.717) is 16.3 Å². The Morgan fingerprint density at radius 2 is 2.13 bits per heavy atom. The second-order valence-electron chi connectivity index (χ2n) is 2.97. The van der Waals surface area contributed by atoms with Gasteiger partial charge >= 0.3 is 0 Å². The molecule has 82 valence electrons. The van der Waals surface area contributed by atoms with Gasteiger partial charge in [-0.1, -0.05) is 27.5 Å². The van der Waals surface area contributed by atoms with Crippen molar-refractivity contribution in [2.45, 2.75) is 11.2 Å². The maximum atomic E-state index is 11.7. The van der Waals surface area contributed by atoms with E-state index >= 15 is 0 Å².